The Morgan fingerprint density at radius 2 is 1.76 bits per heavy atom. The van der Waals surface area contributed by atoms with Gasteiger partial charge in [-0.1, -0.05) is 0 Å². The van der Waals surface area contributed by atoms with E-state index in [9.17, 15) is 13.5 Å². The average molecular weight is 588 g/mol. The topological polar surface area (TPSA) is 102 Å². The summed E-state index contributed by atoms with van der Waals surface area (Å²) in [6, 6.07) is 10.2. The molecule has 0 aliphatic carbocycles. The molecule has 0 aliphatic rings. The Kier molecular flexibility index (Phi) is 7.31. The number of sulfonamides is 1. The molecule has 4 N–H and O–H groups in total. The van der Waals surface area contributed by atoms with Crippen LogP contribution in [-0.4, -0.2) is 32.4 Å². The molecule has 1 atom stereocenters. The molecule has 0 saturated heterocycles. The molecule has 0 spiro atoms. The lowest BCUT2D eigenvalue weighted by Gasteiger charge is -2.15. The minimum Gasteiger partial charge on any atom is -0.508 e. The fourth-order valence-corrected chi connectivity index (χ4v) is 4.73. The first-order chi connectivity index (χ1) is 11.6. The van der Waals surface area contributed by atoms with Crippen molar-refractivity contribution in [2.45, 2.75) is 12.5 Å². The zero-order chi connectivity index (χ0) is 18.6. The SMILES string of the molecule is CS(=O)(=O)NCC(N)Cc1cc(I)c(Oc2ccc(O)cc2)c(I)c1. The van der Waals surface area contributed by atoms with Crippen LogP contribution < -0.4 is 15.2 Å². The summed E-state index contributed by atoms with van der Waals surface area (Å²) in [5.74, 6) is 1.55. The van der Waals surface area contributed by atoms with Crippen LogP contribution in [0.15, 0.2) is 36.4 Å². The Hall–Kier alpha value is -0.630. The first-order valence-corrected chi connectivity index (χ1v) is 11.3. The van der Waals surface area contributed by atoms with E-state index in [1.807, 2.05) is 12.1 Å². The molecule has 9 heteroatoms. The van der Waals surface area contributed by atoms with Crippen LogP contribution in [0, 0.1) is 7.14 Å². The maximum atomic E-state index is 11.1. The lowest BCUT2D eigenvalue weighted by Crippen LogP contribution is -2.38. The Morgan fingerprint density at radius 1 is 1.20 bits per heavy atom. The van der Waals surface area contributed by atoms with Crippen molar-refractivity contribution in [1.82, 2.24) is 4.72 Å². The Bertz CT molecular complexity index is 819. The molecule has 0 saturated carbocycles. The van der Waals surface area contributed by atoms with Gasteiger partial charge in [0.05, 0.1) is 13.4 Å². The van der Waals surface area contributed by atoms with Gasteiger partial charge in [-0.2, -0.15) is 0 Å². The second-order valence-corrected chi connectivity index (χ2v) is 9.73. The van der Waals surface area contributed by atoms with Crippen LogP contribution in [0.5, 0.6) is 17.2 Å². The predicted octanol–water partition coefficient (Wildman–Crippen LogP) is 2.81. The number of halogens is 2. The number of phenolic OH excluding ortho intramolecular Hbond substituents is 1. The normalized spacial score (nSPS) is 12.8. The van der Waals surface area contributed by atoms with Gasteiger partial charge in [0.1, 0.15) is 11.5 Å². The monoisotopic (exact) mass is 588 g/mol. The first kappa shape index (κ1) is 20.7. The summed E-state index contributed by atoms with van der Waals surface area (Å²) in [6.45, 7) is 0.192. The smallest absolute Gasteiger partial charge is 0.208 e. The number of nitrogens with one attached hydrogen (secondary N) is 1. The Morgan fingerprint density at radius 3 is 2.28 bits per heavy atom. The number of benzene rings is 2. The average Bonchev–Trinajstić information content (AvgIpc) is 2.50. The van der Waals surface area contributed by atoms with Crippen molar-refractivity contribution in [3.63, 3.8) is 0 Å². The van der Waals surface area contributed by atoms with Crippen LogP contribution in [0.3, 0.4) is 0 Å². The van der Waals surface area contributed by atoms with Crippen LogP contribution in [0.2, 0.25) is 0 Å². The molecule has 0 amide bonds. The summed E-state index contributed by atoms with van der Waals surface area (Å²) >= 11 is 4.39. The van der Waals surface area contributed by atoms with Crippen molar-refractivity contribution < 1.29 is 18.3 Å². The van der Waals surface area contributed by atoms with Crippen LogP contribution in [0.1, 0.15) is 5.56 Å². The summed E-state index contributed by atoms with van der Waals surface area (Å²) in [5.41, 5.74) is 7.01. The van der Waals surface area contributed by atoms with Crippen molar-refractivity contribution in [2.24, 2.45) is 5.73 Å². The molecule has 0 radical (unpaired) electrons. The standard InChI is InChI=1S/C16H18I2N2O4S/c1-25(22,23)20-9-11(19)6-10-7-14(17)16(15(18)8-10)24-13-4-2-12(21)3-5-13/h2-5,7-8,11,20-21H,6,9,19H2,1H3. The second kappa shape index (κ2) is 8.84. The number of hydrogen-bond donors (Lipinski definition) is 3. The summed E-state index contributed by atoms with van der Waals surface area (Å²) < 4.78 is 32.4. The van der Waals surface area contributed by atoms with E-state index < -0.39 is 10.0 Å². The first-order valence-electron chi connectivity index (χ1n) is 7.29. The Balaban J connectivity index is 2.09. The summed E-state index contributed by atoms with van der Waals surface area (Å²) in [7, 11) is -3.24. The van der Waals surface area contributed by atoms with Gasteiger partial charge in [-0.05, 0) is 93.6 Å². The molecular weight excluding hydrogens is 570 g/mol. The third-order valence-corrected chi connectivity index (χ3v) is 5.51. The van der Waals surface area contributed by atoms with Crippen molar-refractivity contribution in [2.75, 3.05) is 12.8 Å². The van der Waals surface area contributed by atoms with Crippen LogP contribution in [0.4, 0.5) is 0 Å². The summed E-state index contributed by atoms with van der Waals surface area (Å²) in [6.07, 6.45) is 1.66. The van der Waals surface area contributed by atoms with E-state index in [-0.39, 0.29) is 18.3 Å². The maximum Gasteiger partial charge on any atom is 0.208 e. The highest BCUT2D eigenvalue weighted by Crippen LogP contribution is 2.33. The third kappa shape index (κ3) is 6.89. The predicted molar refractivity (Wildman–Crippen MR) is 115 cm³/mol. The van der Waals surface area contributed by atoms with Gasteiger partial charge in [0.15, 0.2) is 5.75 Å². The van der Waals surface area contributed by atoms with E-state index in [1.54, 1.807) is 24.3 Å². The Labute approximate surface area is 174 Å². The summed E-state index contributed by atoms with van der Waals surface area (Å²) in [5, 5.41) is 9.33. The van der Waals surface area contributed by atoms with Crippen LogP contribution in [0.25, 0.3) is 0 Å². The fourth-order valence-electron chi connectivity index (χ4n) is 2.09. The van der Waals surface area contributed by atoms with Crippen molar-refractivity contribution in [3.8, 4) is 17.2 Å². The van der Waals surface area contributed by atoms with Crippen LogP contribution in [-0.2, 0) is 16.4 Å². The van der Waals surface area contributed by atoms with E-state index in [1.165, 1.54) is 0 Å². The van der Waals surface area contributed by atoms with E-state index >= 15 is 0 Å². The van der Waals surface area contributed by atoms with E-state index in [4.69, 9.17) is 10.5 Å². The van der Waals surface area contributed by atoms with Gasteiger partial charge in [-0.25, -0.2) is 13.1 Å². The number of aromatic hydroxyl groups is 1. The highest BCUT2D eigenvalue weighted by atomic mass is 127. The molecule has 0 fully saturated rings. The van der Waals surface area contributed by atoms with Crippen molar-refractivity contribution in [3.05, 3.63) is 49.1 Å². The molecule has 0 heterocycles. The molecule has 25 heavy (non-hydrogen) atoms. The van der Waals surface area contributed by atoms with Gasteiger partial charge < -0.3 is 15.6 Å². The van der Waals surface area contributed by atoms with Gasteiger partial charge in [0.2, 0.25) is 10.0 Å². The lowest BCUT2D eigenvalue weighted by atomic mass is 10.1. The molecule has 2 aromatic rings. The zero-order valence-corrected chi connectivity index (χ0v) is 18.5. The van der Waals surface area contributed by atoms with Gasteiger partial charge in [0, 0.05) is 12.6 Å². The minimum atomic E-state index is -3.24. The van der Waals surface area contributed by atoms with E-state index in [0.717, 1.165) is 24.7 Å². The molecule has 0 aliphatic heterocycles. The van der Waals surface area contributed by atoms with E-state index in [2.05, 4.69) is 49.9 Å². The molecule has 0 aromatic heterocycles. The van der Waals surface area contributed by atoms with Gasteiger partial charge in [0.25, 0.3) is 0 Å². The number of ether oxygens (including phenoxy) is 1. The quantitative estimate of drug-likeness (QED) is 0.433. The highest BCUT2D eigenvalue weighted by Gasteiger charge is 2.13. The molecule has 2 aromatic carbocycles. The number of phenols is 1. The molecule has 0 bridgehead atoms. The zero-order valence-electron chi connectivity index (χ0n) is 13.4. The number of rotatable bonds is 7. The molecule has 1 unspecified atom stereocenters. The van der Waals surface area contributed by atoms with Crippen molar-refractivity contribution >= 4 is 55.2 Å². The molecule has 136 valence electrons. The fraction of sp³-hybridized carbons (Fsp3) is 0.250. The number of nitrogens with two attached hydrogens (primary N) is 1. The van der Waals surface area contributed by atoms with Crippen LogP contribution >= 0.6 is 45.2 Å². The largest absolute Gasteiger partial charge is 0.508 e. The minimum absolute atomic E-state index is 0.184. The van der Waals surface area contributed by atoms with Gasteiger partial charge in [-0.15, -0.1) is 0 Å². The van der Waals surface area contributed by atoms with Gasteiger partial charge >= 0.3 is 0 Å². The molecule has 2 rings (SSSR count). The number of hydrogen-bond acceptors (Lipinski definition) is 5. The summed E-state index contributed by atoms with van der Waals surface area (Å²) in [4.78, 5) is 0. The van der Waals surface area contributed by atoms with Crippen molar-refractivity contribution in [1.29, 1.82) is 0 Å². The molecule has 6 nitrogen and oxygen atoms in total. The molecular formula is C16H18I2N2O4S. The third-order valence-electron chi connectivity index (χ3n) is 3.22. The second-order valence-electron chi connectivity index (χ2n) is 5.57. The lowest BCUT2D eigenvalue weighted by molar-refractivity contribution is 0.461. The highest BCUT2D eigenvalue weighted by molar-refractivity contribution is 14.1. The maximum absolute atomic E-state index is 11.1. The van der Waals surface area contributed by atoms with E-state index in [0.29, 0.717) is 12.2 Å². The van der Waals surface area contributed by atoms with Gasteiger partial charge in [-0.3, -0.25) is 0 Å².